The maximum Gasteiger partial charge on any atom is 0.414 e. The highest BCUT2D eigenvalue weighted by molar-refractivity contribution is 5.90. The highest BCUT2D eigenvalue weighted by Crippen LogP contribution is 2.30. The molecule has 0 bridgehead atoms. The third kappa shape index (κ3) is 5.76. The molecule has 168 valence electrons. The summed E-state index contributed by atoms with van der Waals surface area (Å²) < 4.78 is 46.6. The van der Waals surface area contributed by atoms with Gasteiger partial charge in [0.05, 0.1) is 25.5 Å². The SMILES string of the molecule is CCN(CCON(C)C(=O)CCCF)c1c(F)cc(N2C[C@H](CN)OC2=O)cc1F. The molecular weight excluding hydrogens is 405 g/mol. The van der Waals surface area contributed by atoms with Gasteiger partial charge >= 0.3 is 6.09 Å². The molecule has 2 amide bonds. The summed E-state index contributed by atoms with van der Waals surface area (Å²) in [7, 11) is 1.40. The van der Waals surface area contributed by atoms with Crippen molar-refractivity contribution in [1.82, 2.24) is 5.06 Å². The van der Waals surface area contributed by atoms with Crippen molar-refractivity contribution in [1.29, 1.82) is 0 Å². The number of halogens is 3. The van der Waals surface area contributed by atoms with Gasteiger partial charge in [0.25, 0.3) is 0 Å². The molecule has 1 aliphatic heterocycles. The molecular formula is C19H27F3N4O4. The van der Waals surface area contributed by atoms with Gasteiger partial charge in [0.15, 0.2) is 11.6 Å². The van der Waals surface area contributed by atoms with Crippen LogP contribution >= 0.6 is 0 Å². The van der Waals surface area contributed by atoms with Crippen molar-refractivity contribution in [3.63, 3.8) is 0 Å². The quantitative estimate of drug-likeness (QED) is 0.540. The molecule has 8 nitrogen and oxygen atoms in total. The zero-order valence-corrected chi connectivity index (χ0v) is 17.1. The summed E-state index contributed by atoms with van der Waals surface area (Å²) >= 11 is 0. The van der Waals surface area contributed by atoms with Crippen LogP contribution in [0.2, 0.25) is 0 Å². The fraction of sp³-hybridized carbons (Fsp3) is 0.579. The molecule has 1 heterocycles. The highest BCUT2D eigenvalue weighted by atomic mass is 19.1. The van der Waals surface area contributed by atoms with Crippen LogP contribution in [0.1, 0.15) is 19.8 Å². The number of rotatable bonds is 11. The molecule has 0 aliphatic carbocycles. The summed E-state index contributed by atoms with van der Waals surface area (Å²) in [6.45, 7) is 1.71. The number of carbonyl (C=O) groups is 2. The smallest absolute Gasteiger partial charge is 0.414 e. The molecule has 30 heavy (non-hydrogen) atoms. The van der Waals surface area contributed by atoms with Gasteiger partial charge in [0, 0.05) is 45.2 Å². The highest BCUT2D eigenvalue weighted by Gasteiger charge is 2.32. The molecule has 2 rings (SSSR count). The first-order valence-electron chi connectivity index (χ1n) is 9.69. The number of carbonyl (C=O) groups excluding carboxylic acids is 2. The van der Waals surface area contributed by atoms with Crippen LogP contribution in [0.3, 0.4) is 0 Å². The molecule has 1 fully saturated rings. The van der Waals surface area contributed by atoms with E-state index in [1.807, 2.05) is 0 Å². The first-order valence-corrected chi connectivity index (χ1v) is 9.69. The van der Waals surface area contributed by atoms with Crippen LogP contribution in [-0.4, -0.2) is 69.7 Å². The van der Waals surface area contributed by atoms with Crippen LogP contribution in [0.25, 0.3) is 0 Å². The Morgan fingerprint density at radius 3 is 2.57 bits per heavy atom. The molecule has 2 N–H and O–H groups in total. The van der Waals surface area contributed by atoms with Gasteiger partial charge < -0.3 is 15.4 Å². The van der Waals surface area contributed by atoms with Crippen molar-refractivity contribution in [2.75, 3.05) is 56.3 Å². The third-order valence-corrected chi connectivity index (χ3v) is 4.67. The Kier molecular flexibility index (Phi) is 8.72. The Morgan fingerprint density at radius 1 is 1.37 bits per heavy atom. The zero-order chi connectivity index (χ0) is 22.3. The topological polar surface area (TPSA) is 88.3 Å². The van der Waals surface area contributed by atoms with Crippen molar-refractivity contribution in [2.45, 2.75) is 25.9 Å². The average Bonchev–Trinajstić information content (AvgIpc) is 3.10. The molecule has 1 aromatic rings. The number of ether oxygens (including phenoxy) is 1. The van der Waals surface area contributed by atoms with Crippen molar-refractivity contribution in [2.24, 2.45) is 5.73 Å². The van der Waals surface area contributed by atoms with E-state index in [0.717, 1.165) is 22.1 Å². The number of benzene rings is 1. The second-order valence-corrected chi connectivity index (χ2v) is 6.71. The summed E-state index contributed by atoms with van der Waals surface area (Å²) in [5, 5.41) is 0.992. The van der Waals surface area contributed by atoms with Crippen LogP contribution in [0.5, 0.6) is 0 Å². The minimum Gasteiger partial charge on any atom is -0.443 e. The van der Waals surface area contributed by atoms with E-state index in [0.29, 0.717) is 0 Å². The van der Waals surface area contributed by atoms with Gasteiger partial charge in [-0.1, -0.05) is 0 Å². The molecule has 0 aromatic heterocycles. The van der Waals surface area contributed by atoms with E-state index in [4.69, 9.17) is 15.3 Å². The van der Waals surface area contributed by atoms with Gasteiger partial charge in [-0.2, -0.15) is 0 Å². The van der Waals surface area contributed by atoms with Crippen LogP contribution in [0, 0.1) is 11.6 Å². The third-order valence-electron chi connectivity index (χ3n) is 4.67. The summed E-state index contributed by atoms with van der Waals surface area (Å²) in [6.07, 6.45) is -1.12. The van der Waals surface area contributed by atoms with Gasteiger partial charge in [0.1, 0.15) is 11.8 Å². The first-order chi connectivity index (χ1) is 14.3. The number of cyclic esters (lactones) is 1. The number of hydrogen-bond acceptors (Lipinski definition) is 6. The molecule has 11 heteroatoms. The van der Waals surface area contributed by atoms with Gasteiger partial charge in [-0.15, -0.1) is 0 Å². The Bertz CT molecular complexity index is 729. The summed E-state index contributed by atoms with van der Waals surface area (Å²) in [5.41, 5.74) is 5.25. The van der Waals surface area contributed by atoms with Crippen molar-refractivity contribution >= 4 is 23.4 Å². The maximum atomic E-state index is 14.7. The second-order valence-electron chi connectivity index (χ2n) is 6.71. The van der Waals surface area contributed by atoms with Crippen molar-refractivity contribution < 1.29 is 32.3 Å². The van der Waals surface area contributed by atoms with Crippen molar-refractivity contribution in [3.05, 3.63) is 23.8 Å². The van der Waals surface area contributed by atoms with Gasteiger partial charge in [-0.05, 0) is 13.3 Å². The number of hydrogen-bond donors (Lipinski definition) is 1. The second kappa shape index (κ2) is 11.0. The lowest BCUT2D eigenvalue weighted by Gasteiger charge is -2.26. The Balaban J connectivity index is 2.04. The molecule has 0 unspecified atom stereocenters. The van der Waals surface area contributed by atoms with E-state index in [9.17, 15) is 22.8 Å². The molecule has 1 saturated heterocycles. The van der Waals surface area contributed by atoms with E-state index < -0.39 is 30.5 Å². The monoisotopic (exact) mass is 432 g/mol. The minimum absolute atomic E-state index is 0.0109. The predicted octanol–water partition coefficient (Wildman–Crippen LogP) is 2.21. The summed E-state index contributed by atoms with van der Waals surface area (Å²) in [4.78, 5) is 31.4. The number of nitrogens with two attached hydrogens (primary N) is 1. The zero-order valence-electron chi connectivity index (χ0n) is 17.1. The fourth-order valence-electron chi connectivity index (χ4n) is 3.03. The van der Waals surface area contributed by atoms with Crippen LogP contribution < -0.4 is 15.5 Å². The number of amides is 2. The number of likely N-dealkylation sites (N-methyl/N-ethyl adjacent to an activating group) is 1. The molecule has 0 spiro atoms. The molecule has 1 aliphatic rings. The lowest BCUT2D eigenvalue weighted by molar-refractivity contribution is -0.177. The largest absolute Gasteiger partial charge is 0.443 e. The van der Waals surface area contributed by atoms with E-state index in [1.165, 1.54) is 11.9 Å². The van der Waals surface area contributed by atoms with Crippen molar-refractivity contribution in [3.8, 4) is 0 Å². The average molecular weight is 432 g/mol. The summed E-state index contributed by atoms with van der Waals surface area (Å²) in [6, 6.07) is 2.13. The maximum absolute atomic E-state index is 14.7. The molecule has 1 aromatic carbocycles. The van der Waals surface area contributed by atoms with Crippen LogP contribution in [0.4, 0.5) is 29.3 Å². The van der Waals surface area contributed by atoms with Crippen LogP contribution in [-0.2, 0) is 14.4 Å². The number of alkyl halides is 1. The Hall–Kier alpha value is -2.53. The van der Waals surface area contributed by atoms with Crippen LogP contribution in [0.15, 0.2) is 12.1 Å². The molecule has 1 atom stereocenters. The number of hydroxylamine groups is 2. The Morgan fingerprint density at radius 2 is 2.03 bits per heavy atom. The molecule has 0 radical (unpaired) electrons. The van der Waals surface area contributed by atoms with Gasteiger partial charge in [-0.25, -0.2) is 18.6 Å². The van der Waals surface area contributed by atoms with Gasteiger partial charge in [0.2, 0.25) is 5.91 Å². The standard InChI is InChI=1S/C19H27F3N4O4/c1-3-25(7-8-29-24(2)17(27)5-4-6-20)18-15(21)9-13(10-16(18)22)26-12-14(11-23)30-19(26)28/h9-10,14H,3-8,11-12,23H2,1-2H3/t14-/m0/s1. The predicted molar refractivity (Wildman–Crippen MR) is 105 cm³/mol. The van der Waals surface area contributed by atoms with Gasteiger partial charge in [-0.3, -0.25) is 18.9 Å². The normalized spacial score (nSPS) is 16.0. The van der Waals surface area contributed by atoms with E-state index >= 15 is 0 Å². The summed E-state index contributed by atoms with van der Waals surface area (Å²) in [5.74, 6) is -2.07. The van der Waals surface area contributed by atoms with E-state index in [1.54, 1.807) is 6.92 Å². The first kappa shape index (κ1) is 23.7. The van der Waals surface area contributed by atoms with E-state index in [2.05, 4.69) is 0 Å². The Labute approximate surface area is 173 Å². The lowest BCUT2D eigenvalue weighted by Crippen LogP contribution is -2.34. The molecule has 0 saturated carbocycles. The lowest BCUT2D eigenvalue weighted by atomic mass is 10.2. The number of nitrogens with zero attached hydrogens (tertiary/aromatic N) is 3. The van der Waals surface area contributed by atoms with E-state index in [-0.39, 0.29) is 62.9 Å². The fourth-order valence-corrected chi connectivity index (χ4v) is 3.03. The minimum atomic E-state index is -0.844. The number of anilines is 2.